The summed E-state index contributed by atoms with van der Waals surface area (Å²) in [7, 11) is 0. The van der Waals surface area contributed by atoms with E-state index in [1.165, 1.54) is 32.1 Å². The van der Waals surface area contributed by atoms with E-state index in [4.69, 9.17) is 9.47 Å². The molecule has 1 saturated heterocycles. The molecule has 2 aliphatic carbocycles. The molecule has 0 amide bonds. The Morgan fingerprint density at radius 2 is 2.39 bits per heavy atom. The summed E-state index contributed by atoms with van der Waals surface area (Å²) in [6, 6.07) is 0. The number of hydrogen-bond acceptors (Lipinski definition) is 2. The Morgan fingerprint density at radius 1 is 1.44 bits per heavy atom. The monoisotopic (exact) mass is 360 g/mol. The molecule has 0 N–H and O–H groups in total. The van der Waals surface area contributed by atoms with Crippen molar-refractivity contribution < 1.29 is 9.47 Å². The average molecular weight is 360 g/mol. The van der Waals surface area contributed by atoms with Crippen LogP contribution in [0.25, 0.3) is 0 Å². The maximum atomic E-state index is 6.31. The van der Waals surface area contributed by atoms with E-state index in [-0.39, 0.29) is 11.9 Å². The SMILES string of the molecule is I/C=C/CC1CC2(OC3CCCCO3)C=CCC12. The van der Waals surface area contributed by atoms with E-state index < -0.39 is 0 Å². The van der Waals surface area contributed by atoms with E-state index >= 15 is 0 Å². The minimum Gasteiger partial charge on any atom is -0.353 e. The van der Waals surface area contributed by atoms with Crippen LogP contribution in [0.2, 0.25) is 0 Å². The molecule has 0 radical (unpaired) electrons. The minimum absolute atomic E-state index is 0.0196. The number of allylic oxidation sites excluding steroid dienone is 2. The Bertz CT molecular complexity index is 346. The number of fused-ring (bicyclic) bond motifs is 1. The topological polar surface area (TPSA) is 18.5 Å². The first-order valence-electron chi connectivity index (χ1n) is 7.06. The fourth-order valence-electron chi connectivity index (χ4n) is 3.64. The van der Waals surface area contributed by atoms with Gasteiger partial charge in [0.05, 0.1) is 5.60 Å². The summed E-state index contributed by atoms with van der Waals surface area (Å²) in [5.41, 5.74) is 0.0196. The summed E-state index contributed by atoms with van der Waals surface area (Å²) in [5.74, 6) is 1.49. The molecule has 100 valence electrons. The molecule has 0 aromatic rings. The van der Waals surface area contributed by atoms with Gasteiger partial charge >= 0.3 is 0 Å². The average Bonchev–Trinajstić information content (AvgIpc) is 2.70. The molecule has 3 aliphatic rings. The lowest BCUT2D eigenvalue weighted by Gasteiger charge is -2.52. The second kappa shape index (κ2) is 5.63. The van der Waals surface area contributed by atoms with Crippen LogP contribution < -0.4 is 0 Å². The summed E-state index contributed by atoms with van der Waals surface area (Å²) in [6.07, 6.45) is 14.0. The van der Waals surface area contributed by atoms with Gasteiger partial charge in [0, 0.05) is 6.61 Å². The Kier molecular flexibility index (Phi) is 4.11. The van der Waals surface area contributed by atoms with Crippen LogP contribution in [0.1, 0.15) is 38.5 Å². The third-order valence-corrected chi connectivity index (χ3v) is 5.09. The molecule has 0 spiro atoms. The molecule has 18 heavy (non-hydrogen) atoms. The lowest BCUT2D eigenvalue weighted by molar-refractivity contribution is -0.257. The summed E-state index contributed by atoms with van der Waals surface area (Å²) in [6.45, 7) is 0.871. The Morgan fingerprint density at radius 3 is 3.17 bits per heavy atom. The van der Waals surface area contributed by atoms with Crippen LogP contribution >= 0.6 is 22.6 Å². The van der Waals surface area contributed by atoms with Crippen LogP contribution in [-0.2, 0) is 9.47 Å². The fraction of sp³-hybridized carbons (Fsp3) is 0.733. The molecule has 1 saturated carbocycles. The van der Waals surface area contributed by atoms with Gasteiger partial charge in [-0.05, 0) is 54.4 Å². The van der Waals surface area contributed by atoms with Crippen LogP contribution in [0.15, 0.2) is 22.3 Å². The second-order valence-electron chi connectivity index (χ2n) is 5.68. The Balaban J connectivity index is 1.59. The van der Waals surface area contributed by atoms with Gasteiger partial charge in [-0.1, -0.05) is 40.8 Å². The largest absolute Gasteiger partial charge is 0.353 e. The van der Waals surface area contributed by atoms with Gasteiger partial charge in [0.25, 0.3) is 0 Å². The van der Waals surface area contributed by atoms with E-state index in [9.17, 15) is 0 Å². The quantitative estimate of drug-likeness (QED) is 0.553. The molecule has 1 heterocycles. The first-order chi connectivity index (χ1) is 8.84. The predicted molar refractivity (Wildman–Crippen MR) is 80.5 cm³/mol. The van der Waals surface area contributed by atoms with Gasteiger partial charge in [0.2, 0.25) is 0 Å². The minimum atomic E-state index is 0.0196. The lowest BCUT2D eigenvalue weighted by Crippen LogP contribution is -2.54. The van der Waals surface area contributed by atoms with Gasteiger partial charge in [0.15, 0.2) is 6.29 Å². The van der Waals surface area contributed by atoms with Crippen molar-refractivity contribution in [2.75, 3.05) is 6.61 Å². The number of ether oxygens (including phenoxy) is 2. The summed E-state index contributed by atoms with van der Waals surface area (Å²) >= 11 is 2.30. The van der Waals surface area contributed by atoms with Crippen molar-refractivity contribution in [3.63, 3.8) is 0 Å². The molecule has 1 aliphatic heterocycles. The number of halogens is 1. The third-order valence-electron chi connectivity index (χ3n) is 4.58. The van der Waals surface area contributed by atoms with Crippen molar-refractivity contribution >= 4 is 22.6 Å². The van der Waals surface area contributed by atoms with Crippen LogP contribution in [0.3, 0.4) is 0 Å². The van der Waals surface area contributed by atoms with Crippen molar-refractivity contribution in [3.8, 4) is 0 Å². The highest BCUT2D eigenvalue weighted by Gasteiger charge is 2.55. The van der Waals surface area contributed by atoms with Gasteiger partial charge in [-0.25, -0.2) is 0 Å². The van der Waals surface area contributed by atoms with Crippen molar-refractivity contribution in [3.05, 3.63) is 22.3 Å². The number of rotatable bonds is 4. The van der Waals surface area contributed by atoms with E-state index in [1.807, 2.05) is 0 Å². The standard InChI is InChI=1S/C15H21IO2/c16-9-4-5-12-11-15(8-3-6-13(12)15)18-14-7-1-2-10-17-14/h3-4,8-9,12-14H,1-2,5-7,10-11H2/b9-4+. The van der Waals surface area contributed by atoms with Crippen molar-refractivity contribution in [1.82, 2.24) is 0 Å². The maximum absolute atomic E-state index is 6.31. The molecule has 4 atom stereocenters. The molecule has 3 heteroatoms. The van der Waals surface area contributed by atoms with Crippen LogP contribution in [0, 0.1) is 11.8 Å². The highest BCUT2D eigenvalue weighted by Crippen LogP contribution is 2.55. The fourth-order valence-corrected chi connectivity index (χ4v) is 3.93. The smallest absolute Gasteiger partial charge is 0.158 e. The lowest BCUT2D eigenvalue weighted by atomic mass is 9.61. The van der Waals surface area contributed by atoms with E-state index in [0.29, 0.717) is 5.92 Å². The Hall–Kier alpha value is 0.130. The predicted octanol–water partition coefficient (Wildman–Crippen LogP) is 4.20. The molecule has 3 rings (SSSR count). The first-order valence-corrected chi connectivity index (χ1v) is 8.31. The molecular formula is C15H21IO2. The highest BCUT2D eigenvalue weighted by molar-refractivity contribution is 14.1. The molecule has 2 fully saturated rings. The normalized spacial score (nSPS) is 43.1. The molecule has 0 aromatic carbocycles. The third kappa shape index (κ3) is 2.41. The second-order valence-corrected chi connectivity index (χ2v) is 6.39. The maximum Gasteiger partial charge on any atom is 0.158 e. The van der Waals surface area contributed by atoms with Gasteiger partial charge in [-0.2, -0.15) is 0 Å². The zero-order valence-corrected chi connectivity index (χ0v) is 12.8. The van der Waals surface area contributed by atoms with Crippen LogP contribution in [-0.4, -0.2) is 18.5 Å². The van der Waals surface area contributed by atoms with Crippen LogP contribution in [0.4, 0.5) is 0 Å². The van der Waals surface area contributed by atoms with Gasteiger partial charge < -0.3 is 9.47 Å². The molecule has 0 aromatic heterocycles. The van der Waals surface area contributed by atoms with Crippen LogP contribution in [0.5, 0.6) is 0 Å². The molecule has 2 nitrogen and oxygen atoms in total. The highest BCUT2D eigenvalue weighted by atomic mass is 127. The number of hydrogen-bond donors (Lipinski definition) is 0. The summed E-state index contributed by atoms with van der Waals surface area (Å²) < 4.78 is 14.2. The van der Waals surface area contributed by atoms with Crippen molar-refractivity contribution in [1.29, 1.82) is 0 Å². The van der Waals surface area contributed by atoms with E-state index in [1.54, 1.807) is 0 Å². The zero-order valence-electron chi connectivity index (χ0n) is 10.7. The van der Waals surface area contributed by atoms with E-state index in [0.717, 1.165) is 18.9 Å². The molecule has 4 unspecified atom stereocenters. The molecule has 0 bridgehead atoms. The Labute approximate surface area is 123 Å². The van der Waals surface area contributed by atoms with Gasteiger partial charge in [-0.3, -0.25) is 0 Å². The molecular weight excluding hydrogens is 339 g/mol. The van der Waals surface area contributed by atoms with E-state index in [2.05, 4.69) is 44.9 Å². The zero-order chi connectivity index (χ0) is 12.4. The van der Waals surface area contributed by atoms with Crippen molar-refractivity contribution in [2.24, 2.45) is 11.8 Å². The van der Waals surface area contributed by atoms with Gasteiger partial charge in [0.1, 0.15) is 0 Å². The summed E-state index contributed by atoms with van der Waals surface area (Å²) in [4.78, 5) is 0. The van der Waals surface area contributed by atoms with Crippen molar-refractivity contribution in [2.45, 2.75) is 50.4 Å². The summed E-state index contributed by atoms with van der Waals surface area (Å²) in [5, 5.41) is 0. The van der Waals surface area contributed by atoms with Gasteiger partial charge in [-0.15, -0.1) is 0 Å². The first kappa shape index (κ1) is 13.1.